The van der Waals surface area contributed by atoms with E-state index in [-0.39, 0.29) is 11.9 Å². The van der Waals surface area contributed by atoms with Crippen LogP contribution in [0.5, 0.6) is 0 Å². The quantitative estimate of drug-likeness (QED) is 0.831. The van der Waals surface area contributed by atoms with Gasteiger partial charge in [-0.3, -0.25) is 9.69 Å². The van der Waals surface area contributed by atoms with Crippen molar-refractivity contribution >= 4 is 11.7 Å². The number of piperazine rings is 1. The third-order valence-corrected chi connectivity index (χ3v) is 3.45. The van der Waals surface area contributed by atoms with E-state index in [4.69, 9.17) is 0 Å². The molecule has 1 aromatic heterocycles. The Bertz CT molecular complexity index is 468. The normalized spacial score (nSPS) is 19.9. The maximum atomic E-state index is 13.2. The highest BCUT2D eigenvalue weighted by Crippen LogP contribution is 2.18. The zero-order valence-electron chi connectivity index (χ0n) is 12.0. The molecule has 1 N–H and O–H groups in total. The summed E-state index contributed by atoms with van der Waals surface area (Å²) >= 11 is 0. The van der Waals surface area contributed by atoms with Crippen LogP contribution in [0.25, 0.3) is 0 Å². The zero-order chi connectivity index (χ0) is 14.5. The molecule has 1 amide bonds. The summed E-state index contributed by atoms with van der Waals surface area (Å²) in [5.41, 5.74) is 0. The molecule has 1 aromatic rings. The molecular weight excluding hydrogens is 259 g/mol. The second kappa shape index (κ2) is 6.65. The molecule has 6 heteroatoms. The molecule has 0 aromatic carbocycles. The second-order valence-electron chi connectivity index (χ2n) is 5.05. The van der Waals surface area contributed by atoms with E-state index in [0.717, 1.165) is 19.6 Å². The van der Waals surface area contributed by atoms with E-state index >= 15 is 0 Å². The first-order chi connectivity index (χ1) is 9.60. The van der Waals surface area contributed by atoms with Crippen molar-refractivity contribution in [3.05, 3.63) is 24.1 Å². The molecule has 1 atom stereocenters. The summed E-state index contributed by atoms with van der Waals surface area (Å²) in [6.45, 7) is 7.35. The lowest BCUT2D eigenvalue weighted by molar-refractivity contribution is -0.122. The first kappa shape index (κ1) is 14.7. The monoisotopic (exact) mass is 280 g/mol. The zero-order valence-corrected chi connectivity index (χ0v) is 12.0. The molecule has 1 aliphatic rings. The number of rotatable bonds is 4. The average Bonchev–Trinajstić information content (AvgIpc) is 2.39. The third kappa shape index (κ3) is 3.66. The number of halogens is 1. The van der Waals surface area contributed by atoms with Gasteiger partial charge in [0, 0.05) is 32.2 Å². The Morgan fingerprint density at radius 1 is 1.50 bits per heavy atom. The van der Waals surface area contributed by atoms with Crippen molar-refractivity contribution in [3.8, 4) is 0 Å². The molecule has 2 rings (SSSR count). The summed E-state index contributed by atoms with van der Waals surface area (Å²) in [6, 6.07) is 5.04. The Labute approximate surface area is 118 Å². The highest BCUT2D eigenvalue weighted by molar-refractivity contribution is 5.78. The number of aromatic nitrogens is 1. The maximum absolute atomic E-state index is 13.2. The van der Waals surface area contributed by atoms with Gasteiger partial charge in [0.05, 0.1) is 6.54 Å². The Kier molecular flexibility index (Phi) is 4.89. The van der Waals surface area contributed by atoms with Gasteiger partial charge in [-0.25, -0.2) is 4.98 Å². The highest BCUT2D eigenvalue weighted by atomic mass is 19.1. The molecule has 1 unspecified atom stereocenters. The lowest BCUT2D eigenvalue weighted by atomic mass is 10.2. The number of nitrogens with one attached hydrogen (secondary N) is 1. The lowest BCUT2D eigenvalue weighted by Gasteiger charge is -2.40. The first-order valence-electron chi connectivity index (χ1n) is 6.98. The molecule has 1 saturated heterocycles. The molecule has 1 aliphatic heterocycles. The van der Waals surface area contributed by atoms with Crippen LogP contribution in [0.2, 0.25) is 0 Å². The fourth-order valence-corrected chi connectivity index (χ4v) is 2.53. The number of anilines is 1. The fourth-order valence-electron chi connectivity index (χ4n) is 2.53. The van der Waals surface area contributed by atoms with E-state index in [1.807, 2.05) is 13.0 Å². The van der Waals surface area contributed by atoms with Crippen LogP contribution >= 0.6 is 0 Å². The number of carbonyl (C=O) groups excluding carboxylic acids is 1. The van der Waals surface area contributed by atoms with Gasteiger partial charge in [0.25, 0.3) is 0 Å². The SMILES string of the molecule is CCNC(=O)CN1CCN(c2cccc(F)n2)C(C)C1. The van der Waals surface area contributed by atoms with Crippen molar-refractivity contribution in [1.29, 1.82) is 0 Å². The molecule has 0 saturated carbocycles. The van der Waals surface area contributed by atoms with Crippen molar-refractivity contribution in [2.45, 2.75) is 19.9 Å². The number of nitrogens with zero attached hydrogens (tertiary/aromatic N) is 3. The Hall–Kier alpha value is -1.69. The van der Waals surface area contributed by atoms with Gasteiger partial charge in [0.1, 0.15) is 5.82 Å². The van der Waals surface area contributed by atoms with Crippen LogP contribution in [-0.4, -0.2) is 54.6 Å². The summed E-state index contributed by atoms with van der Waals surface area (Å²) < 4.78 is 13.2. The summed E-state index contributed by atoms with van der Waals surface area (Å²) in [5.74, 6) is 0.256. The summed E-state index contributed by atoms with van der Waals surface area (Å²) in [4.78, 5) is 19.7. The number of carbonyl (C=O) groups is 1. The Balaban J connectivity index is 1.94. The predicted molar refractivity (Wildman–Crippen MR) is 76.1 cm³/mol. The second-order valence-corrected chi connectivity index (χ2v) is 5.05. The van der Waals surface area contributed by atoms with Crippen molar-refractivity contribution < 1.29 is 9.18 Å². The van der Waals surface area contributed by atoms with Crippen LogP contribution < -0.4 is 10.2 Å². The summed E-state index contributed by atoms with van der Waals surface area (Å²) in [7, 11) is 0. The molecule has 20 heavy (non-hydrogen) atoms. The van der Waals surface area contributed by atoms with Gasteiger partial charge in [-0.05, 0) is 26.0 Å². The van der Waals surface area contributed by atoms with E-state index < -0.39 is 5.95 Å². The topological polar surface area (TPSA) is 48.5 Å². The Morgan fingerprint density at radius 3 is 2.95 bits per heavy atom. The molecule has 0 bridgehead atoms. The molecular formula is C14H21FN4O. The largest absolute Gasteiger partial charge is 0.355 e. The summed E-state index contributed by atoms with van der Waals surface area (Å²) in [5, 5.41) is 2.80. The van der Waals surface area contributed by atoms with Crippen molar-refractivity contribution in [2.24, 2.45) is 0 Å². The molecule has 5 nitrogen and oxygen atoms in total. The average molecular weight is 280 g/mol. The number of pyridine rings is 1. The van der Waals surface area contributed by atoms with Gasteiger partial charge in [-0.15, -0.1) is 0 Å². The standard InChI is InChI=1S/C14H21FN4O/c1-3-16-14(20)10-18-7-8-19(11(2)9-18)13-6-4-5-12(15)17-13/h4-6,11H,3,7-10H2,1-2H3,(H,16,20). The van der Waals surface area contributed by atoms with Gasteiger partial charge < -0.3 is 10.2 Å². The fraction of sp³-hybridized carbons (Fsp3) is 0.571. The smallest absolute Gasteiger partial charge is 0.234 e. The van der Waals surface area contributed by atoms with Crippen molar-refractivity contribution in [1.82, 2.24) is 15.2 Å². The van der Waals surface area contributed by atoms with Crippen LogP contribution in [0.3, 0.4) is 0 Å². The molecule has 2 heterocycles. The van der Waals surface area contributed by atoms with Crippen LogP contribution in [0.1, 0.15) is 13.8 Å². The maximum Gasteiger partial charge on any atom is 0.234 e. The molecule has 0 radical (unpaired) electrons. The van der Waals surface area contributed by atoms with Gasteiger partial charge in [-0.1, -0.05) is 6.07 Å². The predicted octanol–water partition coefficient (Wildman–Crippen LogP) is 0.867. The molecule has 110 valence electrons. The van der Waals surface area contributed by atoms with E-state index in [1.54, 1.807) is 6.07 Å². The minimum Gasteiger partial charge on any atom is -0.355 e. The van der Waals surface area contributed by atoms with Gasteiger partial charge >= 0.3 is 0 Å². The third-order valence-electron chi connectivity index (χ3n) is 3.45. The van der Waals surface area contributed by atoms with Crippen molar-refractivity contribution in [2.75, 3.05) is 37.6 Å². The highest BCUT2D eigenvalue weighted by Gasteiger charge is 2.25. The summed E-state index contributed by atoms with van der Waals surface area (Å²) in [6.07, 6.45) is 0. The van der Waals surface area contributed by atoms with Crippen molar-refractivity contribution in [3.63, 3.8) is 0 Å². The molecule has 0 spiro atoms. The van der Waals surface area contributed by atoms with Gasteiger partial charge in [0.15, 0.2) is 0 Å². The van der Waals surface area contributed by atoms with E-state index in [9.17, 15) is 9.18 Å². The first-order valence-corrected chi connectivity index (χ1v) is 6.98. The minimum atomic E-state index is -0.459. The van der Waals surface area contributed by atoms with E-state index in [1.165, 1.54) is 6.07 Å². The van der Waals surface area contributed by atoms with E-state index in [0.29, 0.717) is 18.9 Å². The number of likely N-dealkylation sites (N-methyl/N-ethyl adjacent to an activating group) is 1. The van der Waals surface area contributed by atoms with Gasteiger partial charge in [-0.2, -0.15) is 4.39 Å². The molecule has 0 aliphatic carbocycles. The molecule has 1 fully saturated rings. The van der Waals surface area contributed by atoms with Crippen LogP contribution in [0, 0.1) is 5.95 Å². The van der Waals surface area contributed by atoms with E-state index in [2.05, 4.69) is 27.0 Å². The lowest BCUT2D eigenvalue weighted by Crippen LogP contribution is -2.54. The van der Waals surface area contributed by atoms with Crippen LogP contribution in [0.4, 0.5) is 10.2 Å². The Morgan fingerprint density at radius 2 is 2.30 bits per heavy atom. The number of hydrogen-bond donors (Lipinski definition) is 1. The van der Waals surface area contributed by atoms with Crippen LogP contribution in [-0.2, 0) is 4.79 Å². The van der Waals surface area contributed by atoms with Gasteiger partial charge in [0.2, 0.25) is 11.9 Å². The number of hydrogen-bond acceptors (Lipinski definition) is 4. The minimum absolute atomic E-state index is 0.0528. The van der Waals surface area contributed by atoms with Crippen LogP contribution in [0.15, 0.2) is 18.2 Å². The number of amides is 1.